The first-order valence-electron chi connectivity index (χ1n) is 5.44. The van der Waals surface area contributed by atoms with E-state index in [1.54, 1.807) is 4.90 Å². The molecule has 1 aromatic carbocycles. The van der Waals surface area contributed by atoms with E-state index in [2.05, 4.69) is 15.9 Å². The van der Waals surface area contributed by atoms with Crippen LogP contribution in [-0.2, 0) is 0 Å². The molecular formula is C12H15BrFNO2. The summed E-state index contributed by atoms with van der Waals surface area (Å²) in [5.41, 5.74) is -0.00259. The molecule has 0 unspecified atom stereocenters. The first-order valence-corrected chi connectivity index (χ1v) is 6.56. The van der Waals surface area contributed by atoms with Gasteiger partial charge in [-0.15, -0.1) is 0 Å². The number of phenolic OH excluding ortho intramolecular Hbond substituents is 1. The van der Waals surface area contributed by atoms with Crippen LogP contribution in [0.1, 0.15) is 23.7 Å². The number of phenols is 1. The lowest BCUT2D eigenvalue weighted by Gasteiger charge is -2.21. The molecular weight excluding hydrogens is 289 g/mol. The number of alkyl halides is 1. The summed E-state index contributed by atoms with van der Waals surface area (Å²) in [5, 5.41) is 9.74. The fraction of sp³-hybridized carbons (Fsp3) is 0.417. The molecule has 1 rings (SSSR count). The van der Waals surface area contributed by atoms with Crippen molar-refractivity contribution in [2.75, 3.05) is 18.4 Å². The minimum atomic E-state index is -0.689. The minimum Gasteiger partial charge on any atom is -0.508 e. The fourth-order valence-corrected chi connectivity index (χ4v) is 1.96. The summed E-state index contributed by atoms with van der Waals surface area (Å²) in [6, 6.07) is 3.57. The lowest BCUT2D eigenvalue weighted by molar-refractivity contribution is 0.0761. The lowest BCUT2D eigenvalue weighted by Crippen LogP contribution is -2.33. The van der Waals surface area contributed by atoms with Crippen LogP contribution in [0, 0.1) is 5.82 Å². The normalized spacial score (nSPS) is 10.3. The molecule has 0 saturated heterocycles. The highest BCUT2D eigenvalue weighted by Crippen LogP contribution is 2.17. The van der Waals surface area contributed by atoms with Crippen LogP contribution in [-0.4, -0.2) is 34.3 Å². The van der Waals surface area contributed by atoms with Gasteiger partial charge in [0.15, 0.2) is 0 Å². The van der Waals surface area contributed by atoms with Crippen LogP contribution in [0.4, 0.5) is 4.39 Å². The van der Waals surface area contributed by atoms with Gasteiger partial charge < -0.3 is 10.0 Å². The number of benzene rings is 1. The zero-order valence-electron chi connectivity index (χ0n) is 9.62. The zero-order chi connectivity index (χ0) is 12.8. The van der Waals surface area contributed by atoms with Gasteiger partial charge in [-0.1, -0.05) is 22.9 Å². The molecule has 3 nitrogen and oxygen atoms in total. The van der Waals surface area contributed by atoms with E-state index in [1.165, 1.54) is 12.1 Å². The van der Waals surface area contributed by atoms with Crippen molar-refractivity contribution in [3.8, 4) is 5.75 Å². The van der Waals surface area contributed by atoms with E-state index in [0.29, 0.717) is 18.4 Å². The number of carbonyl (C=O) groups excluding carboxylic acids is 1. The monoisotopic (exact) mass is 303 g/mol. The molecule has 0 saturated carbocycles. The van der Waals surface area contributed by atoms with Crippen molar-refractivity contribution in [1.29, 1.82) is 0 Å². The predicted octanol–water partition coefficient (Wildman–Crippen LogP) is 2.78. The average Bonchev–Trinajstić information content (AvgIpc) is 2.28. The molecule has 1 aromatic rings. The number of aromatic hydroxyl groups is 1. The van der Waals surface area contributed by atoms with Crippen molar-refractivity contribution in [3.05, 3.63) is 29.6 Å². The van der Waals surface area contributed by atoms with E-state index in [9.17, 15) is 9.18 Å². The van der Waals surface area contributed by atoms with E-state index in [-0.39, 0.29) is 17.2 Å². The van der Waals surface area contributed by atoms with Crippen molar-refractivity contribution < 1.29 is 14.3 Å². The highest BCUT2D eigenvalue weighted by atomic mass is 79.9. The van der Waals surface area contributed by atoms with E-state index >= 15 is 0 Å². The van der Waals surface area contributed by atoms with Gasteiger partial charge in [-0.3, -0.25) is 4.79 Å². The third-order valence-electron chi connectivity index (χ3n) is 2.32. The second-order valence-electron chi connectivity index (χ2n) is 3.65. The highest BCUT2D eigenvalue weighted by molar-refractivity contribution is 9.09. The van der Waals surface area contributed by atoms with Crippen molar-refractivity contribution in [2.45, 2.75) is 13.3 Å². The maximum absolute atomic E-state index is 13.5. The number of hydrogen-bond donors (Lipinski definition) is 1. The van der Waals surface area contributed by atoms with Crippen molar-refractivity contribution in [1.82, 2.24) is 4.90 Å². The highest BCUT2D eigenvalue weighted by Gasteiger charge is 2.18. The Morgan fingerprint density at radius 1 is 1.47 bits per heavy atom. The Morgan fingerprint density at radius 3 is 2.71 bits per heavy atom. The first kappa shape index (κ1) is 14.0. The molecule has 0 spiro atoms. The van der Waals surface area contributed by atoms with Crippen LogP contribution in [0.5, 0.6) is 5.75 Å². The SMILES string of the molecule is CCCN(CCBr)C(=O)c1ccc(O)cc1F. The smallest absolute Gasteiger partial charge is 0.256 e. The maximum Gasteiger partial charge on any atom is 0.256 e. The Kier molecular flexibility index (Phi) is 5.41. The number of nitrogens with zero attached hydrogens (tertiary/aromatic N) is 1. The Balaban J connectivity index is 2.92. The van der Waals surface area contributed by atoms with E-state index in [4.69, 9.17) is 5.11 Å². The Hall–Kier alpha value is -1.10. The molecule has 17 heavy (non-hydrogen) atoms. The molecule has 1 N–H and O–H groups in total. The minimum absolute atomic E-state index is 0.00259. The van der Waals surface area contributed by atoms with Crippen LogP contribution in [0.25, 0.3) is 0 Å². The second-order valence-corrected chi connectivity index (χ2v) is 4.44. The molecule has 0 atom stereocenters. The van der Waals surface area contributed by atoms with Crippen molar-refractivity contribution in [3.63, 3.8) is 0 Å². The average molecular weight is 304 g/mol. The van der Waals surface area contributed by atoms with Gasteiger partial charge in [-0.25, -0.2) is 4.39 Å². The summed E-state index contributed by atoms with van der Waals surface area (Å²) < 4.78 is 13.5. The van der Waals surface area contributed by atoms with Crippen LogP contribution in [0.2, 0.25) is 0 Å². The third-order valence-corrected chi connectivity index (χ3v) is 2.67. The molecule has 5 heteroatoms. The van der Waals surface area contributed by atoms with Crippen molar-refractivity contribution in [2.24, 2.45) is 0 Å². The fourth-order valence-electron chi connectivity index (χ4n) is 1.53. The number of halogens is 2. The van der Waals surface area contributed by atoms with E-state index in [1.807, 2.05) is 6.92 Å². The molecule has 94 valence electrons. The van der Waals surface area contributed by atoms with Gasteiger partial charge in [-0.05, 0) is 18.6 Å². The van der Waals surface area contributed by atoms with E-state index < -0.39 is 5.82 Å². The molecule has 1 amide bonds. The predicted molar refractivity (Wildman–Crippen MR) is 68.1 cm³/mol. The summed E-state index contributed by atoms with van der Waals surface area (Å²) in [7, 11) is 0. The topological polar surface area (TPSA) is 40.5 Å². The summed E-state index contributed by atoms with van der Waals surface area (Å²) in [6.45, 7) is 3.08. The Morgan fingerprint density at radius 2 is 2.18 bits per heavy atom. The standard InChI is InChI=1S/C12H15BrFNO2/c1-2-6-15(7-5-13)12(17)10-4-3-9(16)8-11(10)14/h3-4,8,16H,2,5-7H2,1H3. The maximum atomic E-state index is 13.5. The van der Waals surface area contributed by atoms with Crippen LogP contribution in [0.15, 0.2) is 18.2 Å². The van der Waals surface area contributed by atoms with Crippen LogP contribution < -0.4 is 0 Å². The number of amides is 1. The molecule has 0 fully saturated rings. The second kappa shape index (κ2) is 6.59. The third kappa shape index (κ3) is 3.70. The van der Waals surface area contributed by atoms with Gasteiger partial charge in [0.2, 0.25) is 0 Å². The quantitative estimate of drug-likeness (QED) is 0.850. The molecule has 0 heterocycles. The molecule has 0 aliphatic rings. The van der Waals surface area contributed by atoms with Crippen LogP contribution in [0.3, 0.4) is 0 Å². The first-order chi connectivity index (χ1) is 8.10. The Labute approximate surface area is 108 Å². The zero-order valence-corrected chi connectivity index (χ0v) is 11.2. The lowest BCUT2D eigenvalue weighted by atomic mass is 10.1. The molecule has 0 aromatic heterocycles. The molecule has 0 radical (unpaired) electrons. The largest absolute Gasteiger partial charge is 0.508 e. The van der Waals surface area contributed by atoms with Gasteiger partial charge in [0.05, 0.1) is 5.56 Å². The number of hydrogen-bond acceptors (Lipinski definition) is 2. The van der Waals surface area contributed by atoms with Gasteiger partial charge in [-0.2, -0.15) is 0 Å². The summed E-state index contributed by atoms with van der Waals surface area (Å²) >= 11 is 3.26. The number of carbonyl (C=O) groups is 1. The molecule has 0 aliphatic carbocycles. The van der Waals surface area contributed by atoms with Gasteiger partial charge >= 0.3 is 0 Å². The van der Waals surface area contributed by atoms with Gasteiger partial charge in [0, 0.05) is 24.5 Å². The number of rotatable bonds is 5. The Bertz CT molecular complexity index is 392. The van der Waals surface area contributed by atoms with E-state index in [0.717, 1.165) is 12.5 Å². The summed E-state index contributed by atoms with van der Waals surface area (Å²) in [6.07, 6.45) is 0.818. The van der Waals surface area contributed by atoms with Gasteiger partial charge in [0.25, 0.3) is 5.91 Å². The van der Waals surface area contributed by atoms with Crippen LogP contribution >= 0.6 is 15.9 Å². The van der Waals surface area contributed by atoms with Gasteiger partial charge in [0.1, 0.15) is 11.6 Å². The van der Waals surface area contributed by atoms with Crippen molar-refractivity contribution >= 4 is 21.8 Å². The molecule has 0 aliphatic heterocycles. The molecule has 0 bridgehead atoms. The summed E-state index contributed by atoms with van der Waals surface area (Å²) in [4.78, 5) is 13.6. The summed E-state index contributed by atoms with van der Waals surface area (Å²) in [5.74, 6) is -1.21.